The SMILES string of the molecule is COc1cc(OC)c2c(N3CCCCC3)nc(-c3ccc(C(=O)NO)cc3)nc2c1. The van der Waals surface area contributed by atoms with Crippen LogP contribution in [0, 0.1) is 0 Å². The Morgan fingerprint density at radius 3 is 2.40 bits per heavy atom. The number of nitrogens with zero attached hydrogens (tertiary/aromatic N) is 3. The molecule has 1 amide bonds. The van der Waals surface area contributed by atoms with Crippen molar-refractivity contribution in [3.63, 3.8) is 0 Å². The number of piperidine rings is 1. The third-order valence-corrected chi connectivity index (χ3v) is 5.33. The van der Waals surface area contributed by atoms with Crippen molar-refractivity contribution in [1.82, 2.24) is 15.4 Å². The smallest absolute Gasteiger partial charge is 0.274 e. The molecule has 0 atom stereocenters. The monoisotopic (exact) mass is 408 g/mol. The van der Waals surface area contributed by atoms with Crippen molar-refractivity contribution in [3.8, 4) is 22.9 Å². The minimum Gasteiger partial charge on any atom is -0.497 e. The predicted octanol–water partition coefficient (Wildman–Crippen LogP) is 3.42. The van der Waals surface area contributed by atoms with Crippen molar-refractivity contribution in [1.29, 1.82) is 0 Å². The Kier molecular flexibility index (Phi) is 5.67. The van der Waals surface area contributed by atoms with Crippen molar-refractivity contribution in [2.45, 2.75) is 19.3 Å². The number of rotatable bonds is 5. The highest BCUT2D eigenvalue weighted by Gasteiger charge is 2.21. The van der Waals surface area contributed by atoms with E-state index in [2.05, 4.69) is 4.90 Å². The Balaban J connectivity index is 1.89. The second kappa shape index (κ2) is 8.54. The molecule has 1 aliphatic heterocycles. The lowest BCUT2D eigenvalue weighted by Gasteiger charge is -2.29. The molecular formula is C22H24N4O4. The summed E-state index contributed by atoms with van der Waals surface area (Å²) < 4.78 is 11.1. The second-order valence-electron chi connectivity index (χ2n) is 7.16. The van der Waals surface area contributed by atoms with Gasteiger partial charge in [0.05, 0.1) is 25.1 Å². The Labute approximate surface area is 174 Å². The topological polar surface area (TPSA) is 96.8 Å². The summed E-state index contributed by atoms with van der Waals surface area (Å²) in [4.78, 5) is 23.6. The van der Waals surface area contributed by atoms with Crippen LogP contribution in [0.5, 0.6) is 11.5 Å². The van der Waals surface area contributed by atoms with E-state index in [-0.39, 0.29) is 0 Å². The predicted molar refractivity (Wildman–Crippen MR) is 113 cm³/mol. The van der Waals surface area contributed by atoms with Crippen LogP contribution in [0.15, 0.2) is 36.4 Å². The molecule has 2 heterocycles. The summed E-state index contributed by atoms with van der Waals surface area (Å²) in [6.07, 6.45) is 3.44. The molecule has 0 aliphatic carbocycles. The Hall–Kier alpha value is -3.39. The summed E-state index contributed by atoms with van der Waals surface area (Å²) in [7, 11) is 3.24. The van der Waals surface area contributed by atoms with E-state index in [0.29, 0.717) is 22.9 Å². The second-order valence-corrected chi connectivity index (χ2v) is 7.16. The van der Waals surface area contributed by atoms with E-state index < -0.39 is 5.91 Å². The minimum absolute atomic E-state index is 0.349. The molecule has 4 rings (SSSR count). The molecule has 1 aliphatic rings. The van der Waals surface area contributed by atoms with Crippen LogP contribution in [0.1, 0.15) is 29.6 Å². The zero-order valence-corrected chi connectivity index (χ0v) is 17.0. The lowest BCUT2D eigenvalue weighted by Crippen LogP contribution is -2.30. The molecular weight excluding hydrogens is 384 g/mol. The van der Waals surface area contributed by atoms with E-state index >= 15 is 0 Å². The number of benzene rings is 2. The number of hydrogen-bond donors (Lipinski definition) is 2. The van der Waals surface area contributed by atoms with Crippen LogP contribution >= 0.6 is 0 Å². The minimum atomic E-state index is -0.565. The van der Waals surface area contributed by atoms with E-state index in [1.165, 1.54) is 6.42 Å². The van der Waals surface area contributed by atoms with Crippen LogP contribution in [-0.2, 0) is 0 Å². The summed E-state index contributed by atoms with van der Waals surface area (Å²) in [5.41, 5.74) is 3.49. The molecule has 0 radical (unpaired) electrons. The molecule has 2 aromatic carbocycles. The van der Waals surface area contributed by atoms with Crippen molar-refractivity contribution in [2.75, 3.05) is 32.2 Å². The molecule has 8 heteroatoms. The number of methoxy groups -OCH3 is 2. The molecule has 1 saturated heterocycles. The van der Waals surface area contributed by atoms with Crippen molar-refractivity contribution < 1.29 is 19.5 Å². The first-order valence-electron chi connectivity index (χ1n) is 9.88. The molecule has 0 unspecified atom stereocenters. The van der Waals surface area contributed by atoms with E-state index in [1.54, 1.807) is 44.0 Å². The fourth-order valence-corrected chi connectivity index (χ4v) is 3.76. The van der Waals surface area contributed by atoms with E-state index in [1.807, 2.05) is 12.1 Å². The van der Waals surface area contributed by atoms with Gasteiger partial charge in [-0.1, -0.05) is 12.1 Å². The molecule has 1 aromatic heterocycles. The highest BCUT2D eigenvalue weighted by molar-refractivity contribution is 5.97. The summed E-state index contributed by atoms with van der Waals surface area (Å²) in [6.45, 7) is 1.85. The average Bonchev–Trinajstić information content (AvgIpc) is 2.82. The number of ether oxygens (including phenoxy) is 2. The van der Waals surface area contributed by atoms with Crippen LogP contribution in [0.25, 0.3) is 22.3 Å². The van der Waals surface area contributed by atoms with E-state index in [0.717, 1.165) is 48.2 Å². The van der Waals surface area contributed by atoms with Gasteiger partial charge in [-0.25, -0.2) is 15.4 Å². The quantitative estimate of drug-likeness (QED) is 0.493. The Morgan fingerprint density at radius 2 is 1.77 bits per heavy atom. The highest BCUT2D eigenvalue weighted by Crippen LogP contribution is 2.38. The van der Waals surface area contributed by atoms with Gasteiger partial charge in [-0.2, -0.15) is 0 Å². The van der Waals surface area contributed by atoms with Gasteiger partial charge in [-0.3, -0.25) is 10.0 Å². The molecule has 30 heavy (non-hydrogen) atoms. The van der Waals surface area contributed by atoms with Gasteiger partial charge < -0.3 is 14.4 Å². The van der Waals surface area contributed by atoms with Gasteiger partial charge in [-0.15, -0.1) is 0 Å². The molecule has 3 aromatic rings. The summed E-state index contributed by atoms with van der Waals surface area (Å²) in [5.74, 6) is 2.15. The van der Waals surface area contributed by atoms with Gasteiger partial charge in [0, 0.05) is 36.3 Å². The van der Waals surface area contributed by atoms with Gasteiger partial charge in [0.1, 0.15) is 17.3 Å². The molecule has 2 N–H and O–H groups in total. The van der Waals surface area contributed by atoms with E-state index in [9.17, 15) is 4.79 Å². The summed E-state index contributed by atoms with van der Waals surface area (Å²) >= 11 is 0. The zero-order chi connectivity index (χ0) is 21.1. The van der Waals surface area contributed by atoms with Gasteiger partial charge in [0.15, 0.2) is 5.82 Å². The third kappa shape index (κ3) is 3.73. The van der Waals surface area contributed by atoms with Crippen LogP contribution in [-0.4, -0.2) is 48.4 Å². The third-order valence-electron chi connectivity index (χ3n) is 5.33. The lowest BCUT2D eigenvalue weighted by molar-refractivity contribution is 0.0706. The molecule has 8 nitrogen and oxygen atoms in total. The number of hydrogen-bond acceptors (Lipinski definition) is 7. The van der Waals surface area contributed by atoms with Crippen molar-refractivity contribution in [3.05, 3.63) is 42.0 Å². The first-order valence-corrected chi connectivity index (χ1v) is 9.88. The Morgan fingerprint density at radius 1 is 1.03 bits per heavy atom. The normalized spacial score (nSPS) is 13.9. The molecule has 0 spiro atoms. The first-order chi connectivity index (χ1) is 14.6. The lowest BCUT2D eigenvalue weighted by atomic mass is 10.1. The van der Waals surface area contributed by atoms with Crippen LogP contribution in [0.2, 0.25) is 0 Å². The number of amides is 1. The van der Waals surface area contributed by atoms with E-state index in [4.69, 9.17) is 24.6 Å². The summed E-state index contributed by atoms with van der Waals surface area (Å²) in [5, 5.41) is 9.68. The molecule has 0 bridgehead atoms. The van der Waals surface area contributed by atoms with Gasteiger partial charge in [0.25, 0.3) is 5.91 Å². The summed E-state index contributed by atoms with van der Waals surface area (Å²) in [6, 6.07) is 10.5. The standard InChI is InChI=1S/C22H24N4O4/c1-29-16-12-17-19(18(13-16)30-2)21(26-10-4-3-5-11-26)24-20(23-17)14-6-8-15(9-7-14)22(27)25-28/h6-9,12-13,28H,3-5,10-11H2,1-2H3,(H,25,27). The molecule has 156 valence electrons. The highest BCUT2D eigenvalue weighted by atomic mass is 16.5. The number of carbonyl (C=O) groups excluding carboxylic acids is 1. The van der Waals surface area contributed by atoms with Crippen LogP contribution < -0.4 is 19.9 Å². The maximum absolute atomic E-state index is 11.6. The Bertz CT molecular complexity index is 1060. The number of hydroxylamine groups is 1. The fraction of sp³-hybridized carbons (Fsp3) is 0.318. The molecule has 1 fully saturated rings. The van der Waals surface area contributed by atoms with Crippen LogP contribution in [0.3, 0.4) is 0 Å². The number of anilines is 1. The van der Waals surface area contributed by atoms with Gasteiger partial charge in [0.2, 0.25) is 0 Å². The van der Waals surface area contributed by atoms with Gasteiger partial charge in [-0.05, 0) is 31.4 Å². The largest absolute Gasteiger partial charge is 0.497 e. The van der Waals surface area contributed by atoms with Crippen LogP contribution in [0.4, 0.5) is 5.82 Å². The molecule has 0 saturated carbocycles. The zero-order valence-electron chi connectivity index (χ0n) is 17.0. The average molecular weight is 408 g/mol. The van der Waals surface area contributed by atoms with Crippen molar-refractivity contribution >= 4 is 22.6 Å². The fourth-order valence-electron chi connectivity index (χ4n) is 3.76. The number of nitrogens with one attached hydrogen (secondary N) is 1. The maximum atomic E-state index is 11.6. The number of aromatic nitrogens is 2. The maximum Gasteiger partial charge on any atom is 0.274 e. The number of carbonyl (C=O) groups is 1. The van der Waals surface area contributed by atoms with Crippen molar-refractivity contribution in [2.24, 2.45) is 0 Å². The number of fused-ring (bicyclic) bond motifs is 1. The first kappa shape index (κ1) is 19.9. The van der Waals surface area contributed by atoms with Gasteiger partial charge >= 0.3 is 0 Å².